The number of benzene rings is 2. The van der Waals surface area contributed by atoms with Crippen LogP contribution in [-0.4, -0.2) is 30.6 Å². The molecule has 0 saturated carbocycles. The van der Waals surface area contributed by atoms with E-state index >= 15 is 0 Å². The Bertz CT molecular complexity index is 958. The minimum absolute atomic E-state index is 0.274. The molecule has 0 aliphatic heterocycles. The van der Waals surface area contributed by atoms with Gasteiger partial charge in [0.05, 0.1) is 6.54 Å². The summed E-state index contributed by atoms with van der Waals surface area (Å²) in [7, 11) is 0. The van der Waals surface area contributed by atoms with Crippen molar-refractivity contribution in [2.75, 3.05) is 0 Å². The summed E-state index contributed by atoms with van der Waals surface area (Å²) in [5, 5.41) is 19.2. The summed E-state index contributed by atoms with van der Waals surface area (Å²) in [6, 6.07) is 10.4. The molecule has 0 aliphatic rings. The van der Waals surface area contributed by atoms with Crippen LogP contribution in [-0.2, 0) is 11.3 Å². The monoisotopic (exact) mass is 423 g/mol. The molecule has 5 nitrogen and oxygen atoms in total. The minimum atomic E-state index is -1.05. The first-order valence-electron chi connectivity index (χ1n) is 7.47. The van der Waals surface area contributed by atoms with E-state index < -0.39 is 10.7 Å². The zero-order valence-electron chi connectivity index (χ0n) is 13.5. The van der Waals surface area contributed by atoms with E-state index in [0.29, 0.717) is 21.8 Å². The Morgan fingerprint density at radius 1 is 1.24 bits per heavy atom. The van der Waals surface area contributed by atoms with Gasteiger partial charge in [0.2, 0.25) is 4.73 Å². The molecule has 0 amide bonds. The van der Waals surface area contributed by atoms with E-state index in [2.05, 4.69) is 26.1 Å². The third-order valence-corrected chi connectivity index (χ3v) is 5.58. The van der Waals surface area contributed by atoms with Crippen molar-refractivity contribution in [2.24, 2.45) is 0 Å². The van der Waals surface area contributed by atoms with E-state index in [0.717, 1.165) is 22.7 Å². The highest BCUT2D eigenvalue weighted by Crippen LogP contribution is 2.33. The van der Waals surface area contributed by atoms with Crippen molar-refractivity contribution in [3.05, 3.63) is 52.5 Å². The number of carbonyl (C=O) groups is 1. The zero-order chi connectivity index (χ0) is 18.2. The van der Waals surface area contributed by atoms with Crippen molar-refractivity contribution in [3.8, 4) is 0 Å². The summed E-state index contributed by atoms with van der Waals surface area (Å²) >= 11 is 4.47. The molecule has 2 aromatic carbocycles. The lowest BCUT2D eigenvalue weighted by molar-refractivity contribution is -0.138. The molecular formula is C17H15BrFN3O2S. The van der Waals surface area contributed by atoms with Crippen molar-refractivity contribution in [1.82, 2.24) is 14.8 Å². The third kappa shape index (κ3) is 3.55. The minimum Gasteiger partial charge on any atom is -0.480 e. The Kier molecular flexibility index (Phi) is 4.83. The number of nitrogens with zero attached hydrogens (tertiary/aromatic N) is 3. The first-order valence-corrected chi connectivity index (χ1v) is 9.08. The largest absolute Gasteiger partial charge is 0.480 e. The summed E-state index contributed by atoms with van der Waals surface area (Å²) in [5.74, 6) is -1.21. The predicted molar refractivity (Wildman–Crippen MR) is 98.3 cm³/mol. The number of aromatic nitrogens is 3. The molecule has 1 N–H and O–H groups in total. The van der Waals surface area contributed by atoms with Crippen LogP contribution in [0.2, 0.25) is 0 Å². The number of thioether (sulfide) groups is 1. The Morgan fingerprint density at radius 2 is 1.92 bits per heavy atom. The molecular weight excluding hydrogens is 409 g/mol. The molecule has 25 heavy (non-hydrogen) atoms. The Balaban J connectivity index is 2.01. The van der Waals surface area contributed by atoms with E-state index in [1.165, 1.54) is 6.07 Å². The molecule has 8 heteroatoms. The molecule has 0 fully saturated rings. The lowest BCUT2D eigenvalue weighted by atomic mass is 10.0. The van der Waals surface area contributed by atoms with Gasteiger partial charge in [-0.25, -0.2) is 4.39 Å². The van der Waals surface area contributed by atoms with Crippen molar-refractivity contribution < 1.29 is 14.3 Å². The summed E-state index contributed by atoms with van der Waals surface area (Å²) in [6.45, 7) is 3.62. The van der Waals surface area contributed by atoms with Gasteiger partial charge in [0, 0.05) is 5.39 Å². The molecule has 3 rings (SSSR count). The quantitative estimate of drug-likeness (QED) is 0.618. The molecule has 0 aliphatic carbocycles. The second-order valence-corrected chi connectivity index (χ2v) is 8.31. The average molecular weight is 424 g/mol. The van der Waals surface area contributed by atoms with Crippen LogP contribution >= 0.6 is 27.7 Å². The first kappa shape index (κ1) is 17.9. The van der Waals surface area contributed by atoms with Crippen LogP contribution in [0.1, 0.15) is 19.4 Å². The Hall–Kier alpha value is -1.93. The van der Waals surface area contributed by atoms with Crippen LogP contribution in [0.15, 0.2) is 46.3 Å². The van der Waals surface area contributed by atoms with Gasteiger partial charge >= 0.3 is 5.97 Å². The second-order valence-electron chi connectivity index (χ2n) is 6.01. The summed E-state index contributed by atoms with van der Waals surface area (Å²) in [4.78, 5) is 11.4. The van der Waals surface area contributed by atoms with Crippen molar-refractivity contribution in [3.63, 3.8) is 0 Å². The molecule has 0 spiro atoms. The van der Waals surface area contributed by atoms with Crippen LogP contribution in [0, 0.1) is 5.82 Å². The molecule has 3 aromatic rings. The highest BCUT2D eigenvalue weighted by atomic mass is 79.9. The van der Waals surface area contributed by atoms with Crippen molar-refractivity contribution in [2.45, 2.75) is 30.3 Å². The standard InChI is InChI=1S/C17H15BrFN3O2S/c1-17(2,14(23)24)25-16-21-20-15(18)22(16)9-10-7-8-13(19)12-6-4-3-5-11(10)12/h3-8H,9H2,1-2H3,(H,23,24). The molecule has 0 bridgehead atoms. The topological polar surface area (TPSA) is 68.0 Å². The highest BCUT2D eigenvalue weighted by Gasteiger charge is 2.31. The first-order chi connectivity index (χ1) is 11.8. The molecule has 0 atom stereocenters. The fraction of sp³-hybridized carbons (Fsp3) is 0.235. The van der Waals surface area contributed by atoms with Gasteiger partial charge in [-0.05, 0) is 46.8 Å². The number of rotatable bonds is 5. The molecule has 1 heterocycles. The fourth-order valence-corrected chi connectivity index (χ4v) is 3.76. The van der Waals surface area contributed by atoms with Crippen LogP contribution in [0.5, 0.6) is 0 Å². The maximum absolute atomic E-state index is 14.0. The lowest BCUT2D eigenvalue weighted by Crippen LogP contribution is -2.27. The van der Waals surface area contributed by atoms with Gasteiger partial charge in [0.15, 0.2) is 5.16 Å². The van der Waals surface area contributed by atoms with Gasteiger partial charge < -0.3 is 5.11 Å². The molecule has 0 unspecified atom stereocenters. The maximum atomic E-state index is 14.0. The van der Waals surface area contributed by atoms with Crippen LogP contribution in [0.3, 0.4) is 0 Å². The maximum Gasteiger partial charge on any atom is 0.319 e. The molecule has 0 saturated heterocycles. The average Bonchev–Trinajstić information content (AvgIpc) is 2.90. The van der Waals surface area contributed by atoms with Crippen LogP contribution < -0.4 is 0 Å². The van der Waals surface area contributed by atoms with Gasteiger partial charge in [-0.1, -0.05) is 42.1 Å². The molecule has 0 radical (unpaired) electrons. The lowest BCUT2D eigenvalue weighted by Gasteiger charge is -2.18. The van der Waals surface area contributed by atoms with Crippen LogP contribution in [0.25, 0.3) is 10.8 Å². The van der Waals surface area contributed by atoms with E-state index in [4.69, 9.17) is 0 Å². The van der Waals surface area contributed by atoms with E-state index in [-0.39, 0.29) is 5.82 Å². The summed E-state index contributed by atoms with van der Waals surface area (Å²) < 4.78 is 15.2. The SMILES string of the molecule is CC(C)(Sc1nnc(Br)n1Cc1ccc(F)c2ccccc12)C(=O)O. The predicted octanol–water partition coefficient (Wildman–Crippen LogP) is 4.34. The number of carboxylic acid groups (broad SMARTS) is 1. The van der Waals surface area contributed by atoms with Crippen molar-refractivity contribution >= 4 is 44.4 Å². The highest BCUT2D eigenvalue weighted by molar-refractivity contribution is 9.10. The Labute approximate surface area is 156 Å². The number of aliphatic carboxylic acids is 1. The fourth-order valence-electron chi connectivity index (χ4n) is 2.38. The number of hydrogen-bond acceptors (Lipinski definition) is 4. The van der Waals surface area contributed by atoms with Gasteiger partial charge in [0.25, 0.3) is 0 Å². The third-order valence-electron chi connectivity index (χ3n) is 3.82. The van der Waals surface area contributed by atoms with Gasteiger partial charge in [-0.15, -0.1) is 10.2 Å². The number of fused-ring (bicyclic) bond motifs is 1. The van der Waals surface area contributed by atoms with Crippen molar-refractivity contribution in [1.29, 1.82) is 0 Å². The van der Waals surface area contributed by atoms with Crippen LogP contribution in [0.4, 0.5) is 4.39 Å². The zero-order valence-corrected chi connectivity index (χ0v) is 15.9. The van der Waals surface area contributed by atoms with E-state index in [9.17, 15) is 14.3 Å². The molecule has 1 aromatic heterocycles. The summed E-state index contributed by atoms with van der Waals surface area (Å²) in [5.41, 5.74) is 0.896. The Morgan fingerprint density at radius 3 is 2.60 bits per heavy atom. The smallest absolute Gasteiger partial charge is 0.319 e. The van der Waals surface area contributed by atoms with Gasteiger partial charge in [0.1, 0.15) is 10.6 Å². The number of carboxylic acids is 1. The number of hydrogen-bond donors (Lipinski definition) is 1. The molecule has 130 valence electrons. The number of halogens is 2. The van der Waals surface area contributed by atoms with Gasteiger partial charge in [-0.2, -0.15) is 0 Å². The van der Waals surface area contributed by atoms with Gasteiger partial charge in [-0.3, -0.25) is 9.36 Å². The summed E-state index contributed by atoms with van der Waals surface area (Å²) in [6.07, 6.45) is 0. The van der Waals surface area contributed by atoms with E-state index in [1.807, 2.05) is 12.1 Å². The normalized spacial score (nSPS) is 11.8. The second kappa shape index (κ2) is 6.76. The van der Waals surface area contributed by atoms with E-state index in [1.54, 1.807) is 36.6 Å².